The zero-order chi connectivity index (χ0) is 104. The molecule has 0 aromatic rings. The van der Waals surface area contributed by atoms with Crippen molar-refractivity contribution in [1.82, 2.24) is 31.9 Å². The van der Waals surface area contributed by atoms with Crippen LogP contribution in [0.4, 0.5) is 0 Å². The first kappa shape index (κ1) is 124. The zero-order valence-electron chi connectivity index (χ0n) is 74.1. The van der Waals surface area contributed by atoms with Crippen molar-refractivity contribution in [3.63, 3.8) is 0 Å². The minimum absolute atomic E-state index is 0.754. The fourth-order valence-corrected chi connectivity index (χ4v) is 17.7. The first-order valence-corrected chi connectivity index (χ1v) is 50.5. The lowest BCUT2D eigenvalue weighted by molar-refractivity contribution is -0.288. The van der Waals surface area contributed by atoms with Crippen LogP contribution < -0.4 is 31.9 Å². The van der Waals surface area contributed by atoms with Gasteiger partial charge in [-0.2, -0.15) is 0 Å². The highest BCUT2D eigenvalue weighted by molar-refractivity contribution is 7.48. The molecule has 6 rings (SSSR count). The number of carbonyl (C=O) groups is 6. The molecule has 6 fully saturated rings. The third-order valence-electron chi connectivity index (χ3n) is 20.3. The number of aliphatic hydroxyl groups excluding tert-OH is 19. The first-order chi connectivity index (χ1) is 64.7. The standard InChI is InChI=1S/C66H122N6O61P6/c1-25(80)67-43-55(92)49(86)37(13-79)128-61(43)123-32(8-74)15-112-135(101,102)118-21-39-51(88)57(94)45(69-27(3)82)63(130-39)125-34(10-76)17-114-137(105,106)120-23-41-53(90)59(96)47(71-29(5)84)65(132-41)127-36(12-78)19-116-139(109,110)121-24-42-54(91)60(97)48(72-30(6)85)66(133-42)126-35(11-77)18-115-138(107,108)119-22-40-52(89)58(95)46(70-28(4)83)64(131-40)124-33(9-75)16-113-136(103,104)117-20-38-50(87)56(93)44(68-26(2)81)62(129-38)122-31(7-73)14-111-134(98,99)100/h31-66,73-79,86-97H,7-24H2,1-6H3,(H,67,80)(H,68,81)(H,69,82)(H,70,83)(H,71,84)(H,72,85)(H,101,102)(H,103,104)(H,105,106)(H,107,108)(H,109,110)(H2,98,99,100)/t31-,32-,33-,34-,35-,36-,37-,38-,39-,40-,41-,42-,43-,44-,45-,46-,47-,48-,49-,50-,51-,52-,53-,54-,55-,56-,57-,58-,59-,60-,61+,62+,63+,64+,65+,66+/m1/s1. The lowest BCUT2D eigenvalue weighted by Crippen LogP contribution is -2.65. The molecule has 0 radical (unpaired) electrons. The Morgan fingerprint density at radius 1 is 0.237 bits per heavy atom. The predicted molar refractivity (Wildman–Crippen MR) is 435 cm³/mol. The van der Waals surface area contributed by atoms with E-state index in [1.807, 2.05) is 0 Å². The van der Waals surface area contributed by atoms with E-state index in [2.05, 4.69) is 36.4 Å². The lowest BCUT2D eigenvalue weighted by atomic mass is 9.97. The van der Waals surface area contributed by atoms with E-state index in [0.717, 1.165) is 41.5 Å². The molecule has 41 atom stereocenters. The Bertz CT molecular complexity index is 4080. The molecular formula is C66H122N6O61P6. The fourth-order valence-electron chi connectivity index (χ4n) is 13.5. The van der Waals surface area contributed by atoms with Crippen LogP contribution in [0.3, 0.4) is 0 Å². The number of phosphoric acid groups is 6. The molecule has 139 heavy (non-hydrogen) atoms. The van der Waals surface area contributed by atoms with E-state index in [-0.39, 0.29) is 0 Å². The molecule has 0 spiro atoms. The van der Waals surface area contributed by atoms with Crippen LogP contribution in [0.15, 0.2) is 0 Å². The van der Waals surface area contributed by atoms with Crippen molar-refractivity contribution < 1.29 is 294 Å². The summed E-state index contributed by atoms with van der Waals surface area (Å²) in [5.41, 5.74) is 0. The third kappa shape index (κ3) is 39.4. The average molecular weight is 2160 g/mol. The molecule has 0 saturated carbocycles. The van der Waals surface area contributed by atoms with Gasteiger partial charge in [-0.1, -0.05) is 0 Å². The van der Waals surface area contributed by atoms with Gasteiger partial charge in [0.25, 0.3) is 0 Å². The molecule has 0 bridgehead atoms. The Morgan fingerprint density at radius 3 is 0.518 bits per heavy atom. The summed E-state index contributed by atoms with van der Waals surface area (Å²) in [6, 6.07) is -10.5. The number of ether oxygens (including phenoxy) is 12. The summed E-state index contributed by atoms with van der Waals surface area (Å²) in [6.07, 6.45) is -59.1. The molecule has 32 N–H and O–H groups in total. The van der Waals surface area contributed by atoms with Gasteiger partial charge in [-0.25, -0.2) is 27.4 Å². The molecule has 6 aliphatic heterocycles. The van der Waals surface area contributed by atoms with E-state index in [9.17, 15) is 178 Å². The molecule has 6 heterocycles. The van der Waals surface area contributed by atoms with Crippen LogP contribution in [-0.2, 0) is 163 Å². The number of rotatable bonds is 58. The van der Waals surface area contributed by atoms with Gasteiger partial charge in [-0.3, -0.25) is 78.5 Å². The maximum atomic E-state index is 13.5. The minimum atomic E-state index is -5.57. The summed E-state index contributed by atoms with van der Waals surface area (Å²) in [6.45, 7) is -15.0. The number of amides is 6. The number of phosphoric ester groups is 6. The second kappa shape index (κ2) is 56.6. The summed E-state index contributed by atoms with van der Waals surface area (Å²) in [5, 5.41) is 216. The molecule has 6 aliphatic rings. The highest BCUT2D eigenvalue weighted by atomic mass is 31.2. The molecule has 0 aromatic heterocycles. The van der Waals surface area contributed by atoms with Gasteiger partial charge >= 0.3 is 46.9 Å². The van der Waals surface area contributed by atoms with Gasteiger partial charge in [-0.15, -0.1) is 0 Å². The van der Waals surface area contributed by atoms with Crippen LogP contribution >= 0.6 is 46.9 Å². The Kier molecular flexibility index (Phi) is 50.4. The van der Waals surface area contributed by atoms with Crippen molar-refractivity contribution in [2.45, 2.75) is 262 Å². The number of carbonyl (C=O) groups excluding carboxylic acids is 6. The van der Waals surface area contributed by atoms with Crippen molar-refractivity contribution in [2.24, 2.45) is 0 Å². The summed E-state index contributed by atoms with van der Waals surface area (Å²) < 4.78 is 199. The Balaban J connectivity index is 1.02. The van der Waals surface area contributed by atoms with Crippen molar-refractivity contribution >= 4 is 82.4 Å². The molecule has 5 unspecified atom stereocenters. The molecule has 6 amide bonds. The van der Waals surface area contributed by atoms with E-state index in [1.165, 1.54) is 0 Å². The number of aliphatic hydroxyl groups is 19. The highest BCUT2D eigenvalue weighted by Gasteiger charge is 2.55. The van der Waals surface area contributed by atoms with Crippen molar-refractivity contribution in [1.29, 1.82) is 0 Å². The van der Waals surface area contributed by atoms with Crippen LogP contribution in [0, 0.1) is 0 Å². The van der Waals surface area contributed by atoms with Gasteiger partial charge in [-0.05, 0) is 0 Å². The minimum Gasteiger partial charge on any atom is -0.394 e. The van der Waals surface area contributed by atoms with Crippen LogP contribution in [0.5, 0.6) is 0 Å². The van der Waals surface area contributed by atoms with Crippen LogP contribution in [-0.4, -0.2) is 506 Å². The molecule has 812 valence electrons. The smallest absolute Gasteiger partial charge is 0.394 e. The van der Waals surface area contributed by atoms with Gasteiger partial charge in [0.15, 0.2) is 37.7 Å². The number of hydrogen-bond donors (Lipinski definition) is 32. The summed E-state index contributed by atoms with van der Waals surface area (Å²) in [4.78, 5) is 145. The Labute approximate surface area is 786 Å². The Hall–Kier alpha value is -3.76. The van der Waals surface area contributed by atoms with Crippen molar-refractivity contribution in [3.05, 3.63) is 0 Å². The summed E-state index contributed by atoms with van der Waals surface area (Å²) >= 11 is 0. The van der Waals surface area contributed by atoms with Crippen molar-refractivity contribution in [2.75, 3.05) is 119 Å². The van der Waals surface area contributed by atoms with Crippen molar-refractivity contribution in [3.8, 4) is 0 Å². The first-order valence-electron chi connectivity index (χ1n) is 41.5. The van der Waals surface area contributed by atoms with Gasteiger partial charge in [0, 0.05) is 41.5 Å². The molecule has 67 nitrogen and oxygen atoms in total. The molecule has 0 aromatic carbocycles. The molecule has 0 aliphatic carbocycles. The van der Waals surface area contributed by atoms with Gasteiger partial charge in [0.05, 0.1) is 119 Å². The van der Waals surface area contributed by atoms with E-state index < -0.39 is 422 Å². The van der Waals surface area contributed by atoms with E-state index >= 15 is 0 Å². The topological polar surface area (TPSA) is 1020 Å². The third-order valence-corrected chi connectivity index (χ3v) is 25.6. The summed E-state index contributed by atoms with van der Waals surface area (Å²) in [5.74, 6) is -5.30. The predicted octanol–water partition coefficient (Wildman–Crippen LogP) is -16.3. The van der Waals surface area contributed by atoms with Gasteiger partial charge in [0.2, 0.25) is 35.4 Å². The fraction of sp³-hybridized carbons (Fsp3) is 0.909. The van der Waals surface area contributed by atoms with E-state index in [4.69, 9.17) is 112 Å². The largest absolute Gasteiger partial charge is 0.472 e. The maximum absolute atomic E-state index is 13.5. The van der Waals surface area contributed by atoms with Crippen LogP contribution in [0.2, 0.25) is 0 Å². The summed E-state index contributed by atoms with van der Waals surface area (Å²) in [7, 11) is -32.6. The Morgan fingerprint density at radius 2 is 0.381 bits per heavy atom. The molecule has 73 heteroatoms. The highest BCUT2D eigenvalue weighted by Crippen LogP contribution is 2.50. The second-order valence-corrected chi connectivity index (χ2v) is 39.9. The maximum Gasteiger partial charge on any atom is 0.472 e. The van der Waals surface area contributed by atoms with Gasteiger partial charge < -0.3 is 220 Å². The average Bonchev–Trinajstić information content (AvgIpc) is 0.811. The van der Waals surface area contributed by atoms with E-state index in [0.29, 0.717) is 0 Å². The van der Waals surface area contributed by atoms with Crippen LogP contribution in [0.1, 0.15) is 41.5 Å². The van der Waals surface area contributed by atoms with Crippen LogP contribution in [0.25, 0.3) is 0 Å². The second-order valence-electron chi connectivity index (χ2n) is 31.4. The normalized spacial score (nSPS) is 35.5. The molecule has 6 saturated heterocycles. The monoisotopic (exact) mass is 2160 g/mol. The lowest BCUT2D eigenvalue weighted by Gasteiger charge is -2.43. The van der Waals surface area contributed by atoms with Gasteiger partial charge in [0.1, 0.15) is 183 Å². The quantitative estimate of drug-likeness (QED) is 0.0251. The van der Waals surface area contributed by atoms with E-state index in [1.54, 1.807) is 0 Å². The zero-order valence-corrected chi connectivity index (χ0v) is 79.5. The number of nitrogens with one attached hydrogen (secondary N) is 6. The SMILES string of the molecule is CC(=O)N[C@H]1[C@@H](O[C@H](CO)COP(=O)(O)OC[C@H]2O[C@H](O[C@H](CO)COP(=O)(O)OC[C@H]3O[C@H](O[C@H](CO)COP(=O)(O)OC[C@H]4O[C@H](O[C@H](CO)COP(=O)(O)OC[C@H]5O[C@H](O[C@H](CO)COP(=O)(O)OC[C@H]6O[C@H](O[C@H](CO)COP(=O)(O)O)[C@H](NC(C)=O)[C@@H](O)[C@@H]6O)[C@H](NC(C)=O)[C@@H](O)[C@@H]5O)[C@H](NC(C)=O)[C@@H](O)[C@@H]4O)[C@H](NC(C)=O)[C@@H](O)[C@@H]3O)[C@H](NC(C)=O)[C@@H](O)[C@@H]2O)O[C@H](CO)[C@@H](O)[C@@H]1O. The number of hydrogen-bond acceptors (Lipinski definition) is 54. The molecular weight excluding hydrogens is 2040 g/mol.